The number of H-pyrrole nitrogens is 1. The summed E-state index contributed by atoms with van der Waals surface area (Å²) >= 11 is 0. The summed E-state index contributed by atoms with van der Waals surface area (Å²) in [7, 11) is 0. The van der Waals surface area contributed by atoms with E-state index >= 15 is 0 Å². The number of nitrogens with one attached hydrogen (secondary N) is 1. The van der Waals surface area contributed by atoms with Crippen LogP contribution in [0.4, 0.5) is 0 Å². The van der Waals surface area contributed by atoms with Gasteiger partial charge in [0.25, 0.3) is 0 Å². The fraction of sp³-hybridized carbons (Fsp3) is 0.200. The van der Waals surface area contributed by atoms with Gasteiger partial charge in [-0.25, -0.2) is 4.79 Å². The van der Waals surface area contributed by atoms with Crippen LogP contribution in [0.15, 0.2) is 60.7 Å². The monoisotopic (exact) mass is 400 g/mol. The molecule has 4 aromatic rings. The number of hydrogen-bond acceptors (Lipinski definition) is 3. The molecule has 2 aromatic heterocycles. The van der Waals surface area contributed by atoms with Crippen LogP contribution in [-0.2, 0) is 4.74 Å². The first-order valence-electron chi connectivity index (χ1n) is 9.94. The molecular formula is C25H24N2O3. The lowest BCUT2D eigenvalue weighted by molar-refractivity contribution is 0.0319. The third kappa shape index (κ3) is 3.43. The maximum absolute atomic E-state index is 13.0. The molecule has 0 saturated carbocycles. The molecule has 0 amide bonds. The molecule has 0 saturated heterocycles. The topological polar surface area (TPSA) is 64.1 Å². The highest BCUT2D eigenvalue weighted by molar-refractivity contribution is 6.11. The lowest BCUT2D eigenvalue weighted by atomic mass is 10.0. The van der Waals surface area contributed by atoms with E-state index in [4.69, 9.17) is 4.74 Å². The van der Waals surface area contributed by atoms with Crippen molar-refractivity contribution in [3.63, 3.8) is 0 Å². The fourth-order valence-electron chi connectivity index (χ4n) is 3.90. The summed E-state index contributed by atoms with van der Waals surface area (Å²) in [5, 5.41) is 0.838. The first kappa shape index (κ1) is 19.7. The van der Waals surface area contributed by atoms with Crippen LogP contribution >= 0.6 is 0 Å². The van der Waals surface area contributed by atoms with E-state index in [0.29, 0.717) is 11.1 Å². The van der Waals surface area contributed by atoms with Crippen LogP contribution in [0, 0.1) is 20.8 Å². The molecule has 0 radical (unpaired) electrons. The molecule has 30 heavy (non-hydrogen) atoms. The van der Waals surface area contributed by atoms with Crippen molar-refractivity contribution in [1.29, 1.82) is 0 Å². The number of ketones is 1. The van der Waals surface area contributed by atoms with Crippen LogP contribution in [0.25, 0.3) is 16.6 Å². The molecular weight excluding hydrogens is 376 g/mol. The van der Waals surface area contributed by atoms with Crippen LogP contribution < -0.4 is 0 Å². The van der Waals surface area contributed by atoms with Crippen molar-refractivity contribution < 1.29 is 14.3 Å². The average molecular weight is 400 g/mol. The van der Waals surface area contributed by atoms with Gasteiger partial charge in [0.2, 0.25) is 5.78 Å². The van der Waals surface area contributed by atoms with E-state index in [9.17, 15) is 9.59 Å². The molecule has 0 aliphatic heterocycles. The first-order chi connectivity index (χ1) is 14.4. The summed E-state index contributed by atoms with van der Waals surface area (Å²) in [6, 6.07) is 18.9. The van der Waals surface area contributed by atoms with Gasteiger partial charge in [-0.3, -0.25) is 4.79 Å². The molecule has 0 aliphatic rings. The second-order valence-corrected chi connectivity index (χ2v) is 7.58. The van der Waals surface area contributed by atoms with Crippen molar-refractivity contribution in [2.45, 2.75) is 33.8 Å². The first-order valence-corrected chi connectivity index (χ1v) is 9.94. The van der Waals surface area contributed by atoms with Crippen LogP contribution in [0.5, 0.6) is 0 Å². The molecule has 4 rings (SSSR count). The Balaban J connectivity index is 1.52. The van der Waals surface area contributed by atoms with E-state index < -0.39 is 12.1 Å². The Morgan fingerprint density at radius 1 is 0.900 bits per heavy atom. The van der Waals surface area contributed by atoms with E-state index in [2.05, 4.69) is 21.7 Å². The summed E-state index contributed by atoms with van der Waals surface area (Å²) in [5.74, 6) is -0.727. The van der Waals surface area contributed by atoms with Crippen molar-refractivity contribution in [1.82, 2.24) is 9.55 Å². The van der Waals surface area contributed by atoms with E-state index in [1.54, 1.807) is 19.1 Å². The van der Waals surface area contributed by atoms with Gasteiger partial charge in [-0.1, -0.05) is 18.2 Å². The predicted molar refractivity (Wildman–Crippen MR) is 117 cm³/mol. The summed E-state index contributed by atoms with van der Waals surface area (Å²) in [6.07, 6.45) is -0.885. The minimum Gasteiger partial charge on any atom is -0.451 e. The molecule has 2 aromatic carbocycles. The summed E-state index contributed by atoms with van der Waals surface area (Å²) in [4.78, 5) is 28.8. The van der Waals surface area contributed by atoms with Gasteiger partial charge in [0.05, 0.1) is 5.56 Å². The Morgan fingerprint density at radius 2 is 1.53 bits per heavy atom. The predicted octanol–water partition coefficient (Wildman–Crippen LogP) is 5.31. The second kappa shape index (κ2) is 7.67. The van der Waals surface area contributed by atoms with Crippen LogP contribution in [-0.4, -0.2) is 27.4 Å². The van der Waals surface area contributed by atoms with Gasteiger partial charge in [-0.15, -0.1) is 0 Å². The molecule has 0 aliphatic carbocycles. The Kier molecular flexibility index (Phi) is 5.04. The standard InChI is InChI=1S/C25H24N2O3/c1-15-9-10-16(2)27(15)20-13-11-19(12-14-20)25(29)30-18(4)24(28)23-17(3)26-22-8-6-5-7-21(22)23/h5-14,18,26H,1-4H3/t18-/m0/s1. The molecule has 0 unspecified atom stereocenters. The van der Waals surface area contributed by atoms with Gasteiger partial charge < -0.3 is 14.3 Å². The molecule has 1 N–H and O–H groups in total. The molecule has 0 fully saturated rings. The number of aromatic nitrogens is 2. The number of nitrogens with zero attached hydrogens (tertiary/aromatic N) is 1. The zero-order valence-corrected chi connectivity index (χ0v) is 17.5. The molecule has 0 bridgehead atoms. The molecule has 5 heteroatoms. The maximum atomic E-state index is 13.0. The van der Waals surface area contributed by atoms with Crippen molar-refractivity contribution in [2.24, 2.45) is 0 Å². The lowest BCUT2D eigenvalue weighted by Crippen LogP contribution is -2.25. The van der Waals surface area contributed by atoms with Crippen LogP contribution in [0.2, 0.25) is 0 Å². The zero-order valence-electron chi connectivity index (χ0n) is 17.5. The third-order valence-corrected chi connectivity index (χ3v) is 5.43. The summed E-state index contributed by atoms with van der Waals surface area (Å²) in [6.45, 7) is 7.54. The van der Waals surface area contributed by atoms with Gasteiger partial charge in [0.15, 0.2) is 6.10 Å². The normalized spacial score (nSPS) is 12.1. The second-order valence-electron chi connectivity index (χ2n) is 7.58. The summed E-state index contributed by atoms with van der Waals surface area (Å²) in [5.41, 5.74) is 5.86. The Morgan fingerprint density at radius 3 is 2.20 bits per heavy atom. The SMILES string of the molecule is Cc1[nH]c2ccccc2c1C(=O)[C@H](C)OC(=O)c1ccc(-n2c(C)ccc2C)cc1. The lowest BCUT2D eigenvalue weighted by Gasteiger charge is -2.14. The number of aromatic amines is 1. The number of Topliss-reactive ketones (excluding diaryl/α,β-unsaturated/α-hetero) is 1. The average Bonchev–Trinajstić information content (AvgIpc) is 3.25. The van der Waals surface area contributed by atoms with E-state index in [1.165, 1.54) is 0 Å². The molecule has 1 atom stereocenters. The number of para-hydroxylation sites is 1. The fourth-order valence-corrected chi connectivity index (χ4v) is 3.90. The van der Waals surface area contributed by atoms with Crippen molar-refractivity contribution in [3.05, 3.63) is 88.9 Å². The molecule has 2 heterocycles. The number of rotatable bonds is 5. The minimum absolute atomic E-state index is 0.214. The molecule has 152 valence electrons. The Labute approximate surface area is 175 Å². The number of carbonyl (C=O) groups excluding carboxylic acids is 2. The van der Waals surface area contributed by atoms with Gasteiger partial charge in [-0.2, -0.15) is 0 Å². The van der Waals surface area contributed by atoms with E-state index in [-0.39, 0.29) is 5.78 Å². The van der Waals surface area contributed by atoms with Gasteiger partial charge >= 0.3 is 5.97 Å². The van der Waals surface area contributed by atoms with Crippen molar-refractivity contribution in [3.8, 4) is 5.69 Å². The third-order valence-electron chi connectivity index (χ3n) is 5.43. The van der Waals surface area contributed by atoms with Crippen LogP contribution in [0.3, 0.4) is 0 Å². The number of fused-ring (bicyclic) bond motifs is 1. The highest BCUT2D eigenvalue weighted by Gasteiger charge is 2.25. The quantitative estimate of drug-likeness (QED) is 0.365. The summed E-state index contributed by atoms with van der Waals surface area (Å²) < 4.78 is 7.61. The Bertz CT molecular complexity index is 1230. The number of ether oxygens (including phenoxy) is 1. The van der Waals surface area contributed by atoms with Gasteiger partial charge in [0.1, 0.15) is 0 Å². The maximum Gasteiger partial charge on any atom is 0.338 e. The van der Waals surface area contributed by atoms with E-state index in [1.807, 2.05) is 57.2 Å². The minimum atomic E-state index is -0.885. The number of hydrogen-bond donors (Lipinski definition) is 1. The Hall–Kier alpha value is -3.60. The van der Waals surface area contributed by atoms with Gasteiger partial charge in [0, 0.05) is 39.2 Å². The number of aryl methyl sites for hydroxylation is 3. The molecule has 5 nitrogen and oxygen atoms in total. The highest BCUT2D eigenvalue weighted by atomic mass is 16.5. The van der Waals surface area contributed by atoms with Crippen LogP contribution in [0.1, 0.15) is 44.7 Å². The van der Waals surface area contributed by atoms with Crippen molar-refractivity contribution in [2.75, 3.05) is 0 Å². The largest absolute Gasteiger partial charge is 0.451 e. The highest BCUT2D eigenvalue weighted by Crippen LogP contribution is 2.24. The van der Waals surface area contributed by atoms with Crippen molar-refractivity contribution >= 4 is 22.7 Å². The number of esters is 1. The smallest absolute Gasteiger partial charge is 0.338 e. The van der Waals surface area contributed by atoms with Gasteiger partial charge in [-0.05, 0) is 70.2 Å². The van der Waals surface area contributed by atoms with E-state index in [0.717, 1.165) is 33.7 Å². The zero-order chi connectivity index (χ0) is 21.4. The number of carbonyl (C=O) groups is 2. The number of benzene rings is 2. The molecule has 0 spiro atoms.